The van der Waals surface area contributed by atoms with E-state index in [0.717, 1.165) is 0 Å². The predicted molar refractivity (Wildman–Crippen MR) is 66.0 cm³/mol. The van der Waals surface area contributed by atoms with E-state index < -0.39 is 23.2 Å². The van der Waals surface area contributed by atoms with E-state index in [2.05, 4.69) is 0 Å². The summed E-state index contributed by atoms with van der Waals surface area (Å²) in [4.78, 5) is 24.9. The van der Waals surface area contributed by atoms with E-state index in [1.807, 2.05) is 6.92 Å². The largest absolute Gasteiger partial charge is 0.444 e. The molecule has 1 fully saturated rings. The first kappa shape index (κ1) is 14.8. The Morgan fingerprint density at radius 1 is 1.44 bits per heavy atom. The molecule has 0 aliphatic carbocycles. The third-order valence-electron chi connectivity index (χ3n) is 2.86. The van der Waals surface area contributed by atoms with Crippen LogP contribution in [0.15, 0.2) is 0 Å². The molecule has 2 N–H and O–H groups in total. The number of rotatable bonds is 2. The average molecular weight is 258 g/mol. The lowest BCUT2D eigenvalue weighted by atomic mass is 9.97. The molecule has 1 aliphatic heterocycles. The predicted octanol–water partition coefficient (Wildman–Crippen LogP) is 0.888. The molecule has 18 heavy (non-hydrogen) atoms. The van der Waals surface area contributed by atoms with E-state index in [4.69, 9.17) is 15.2 Å². The van der Waals surface area contributed by atoms with Crippen molar-refractivity contribution in [3.8, 4) is 0 Å². The molecule has 1 rings (SSSR count). The molecule has 0 spiro atoms. The molecule has 1 aliphatic rings. The number of nitrogens with two attached hydrogens (primary N) is 1. The standard InChI is InChI=1S/C12H22N2O4/c1-5-12(9(13)15)8-14(6-7-17-12)10(16)18-11(2,3)4/h5-8H2,1-4H3,(H2,13,15). The van der Waals surface area contributed by atoms with Gasteiger partial charge < -0.3 is 20.1 Å². The van der Waals surface area contributed by atoms with Gasteiger partial charge in [-0.3, -0.25) is 4.79 Å². The maximum atomic E-state index is 11.9. The molecule has 0 aromatic heterocycles. The van der Waals surface area contributed by atoms with Crippen LogP contribution in [0.2, 0.25) is 0 Å². The second kappa shape index (κ2) is 5.14. The summed E-state index contributed by atoms with van der Waals surface area (Å²) in [6, 6.07) is 0. The number of carbonyl (C=O) groups excluding carboxylic acids is 2. The molecule has 0 radical (unpaired) electrons. The summed E-state index contributed by atoms with van der Waals surface area (Å²) in [7, 11) is 0. The molecule has 0 aromatic carbocycles. The first-order valence-corrected chi connectivity index (χ1v) is 6.12. The van der Waals surface area contributed by atoms with E-state index in [1.54, 1.807) is 20.8 Å². The lowest BCUT2D eigenvalue weighted by Crippen LogP contribution is -2.60. The Morgan fingerprint density at radius 2 is 2.06 bits per heavy atom. The van der Waals surface area contributed by atoms with Crippen LogP contribution in [0.1, 0.15) is 34.1 Å². The van der Waals surface area contributed by atoms with E-state index >= 15 is 0 Å². The van der Waals surface area contributed by atoms with Gasteiger partial charge >= 0.3 is 6.09 Å². The van der Waals surface area contributed by atoms with Crippen molar-refractivity contribution in [3.63, 3.8) is 0 Å². The van der Waals surface area contributed by atoms with E-state index in [0.29, 0.717) is 13.0 Å². The molecule has 1 unspecified atom stereocenters. The monoisotopic (exact) mass is 258 g/mol. The number of primary amides is 1. The van der Waals surface area contributed by atoms with Gasteiger partial charge in [0.15, 0.2) is 5.60 Å². The summed E-state index contributed by atoms with van der Waals surface area (Å²) in [5.41, 5.74) is 3.71. The van der Waals surface area contributed by atoms with Crippen molar-refractivity contribution < 1.29 is 19.1 Å². The lowest BCUT2D eigenvalue weighted by Gasteiger charge is -2.40. The molecule has 6 heteroatoms. The van der Waals surface area contributed by atoms with Gasteiger partial charge in [0.25, 0.3) is 5.91 Å². The van der Waals surface area contributed by atoms with Crippen LogP contribution in [0, 0.1) is 0 Å². The molecule has 0 aromatic rings. The van der Waals surface area contributed by atoms with Crippen LogP contribution in [0.25, 0.3) is 0 Å². The molecule has 0 bridgehead atoms. The van der Waals surface area contributed by atoms with Crippen molar-refractivity contribution in [2.24, 2.45) is 5.73 Å². The van der Waals surface area contributed by atoms with Gasteiger partial charge in [0.2, 0.25) is 0 Å². The topological polar surface area (TPSA) is 81.9 Å². The Kier molecular flexibility index (Phi) is 4.21. The third-order valence-corrected chi connectivity index (χ3v) is 2.86. The van der Waals surface area contributed by atoms with Crippen LogP contribution < -0.4 is 5.73 Å². The van der Waals surface area contributed by atoms with E-state index in [-0.39, 0.29) is 13.2 Å². The van der Waals surface area contributed by atoms with Crippen molar-refractivity contribution >= 4 is 12.0 Å². The van der Waals surface area contributed by atoms with Gasteiger partial charge in [-0.25, -0.2) is 4.79 Å². The summed E-state index contributed by atoms with van der Waals surface area (Å²) in [5, 5.41) is 0. The first-order valence-electron chi connectivity index (χ1n) is 6.12. The SMILES string of the molecule is CCC1(C(N)=O)CN(C(=O)OC(C)(C)C)CCO1. The van der Waals surface area contributed by atoms with E-state index in [9.17, 15) is 9.59 Å². The minimum atomic E-state index is -1.09. The Balaban J connectivity index is 2.75. The summed E-state index contributed by atoms with van der Waals surface area (Å²) in [6.45, 7) is 8.04. The van der Waals surface area contributed by atoms with Crippen LogP contribution >= 0.6 is 0 Å². The molecule has 2 amide bonds. The zero-order valence-corrected chi connectivity index (χ0v) is 11.5. The minimum Gasteiger partial charge on any atom is -0.444 e. The van der Waals surface area contributed by atoms with Crippen molar-refractivity contribution in [1.82, 2.24) is 4.90 Å². The molecule has 0 saturated carbocycles. The highest BCUT2D eigenvalue weighted by molar-refractivity contribution is 5.84. The normalized spacial score (nSPS) is 24.8. The van der Waals surface area contributed by atoms with Crippen LogP contribution in [0.4, 0.5) is 4.79 Å². The average Bonchev–Trinajstić information content (AvgIpc) is 2.26. The fraction of sp³-hybridized carbons (Fsp3) is 0.833. The second-order valence-corrected chi connectivity index (χ2v) is 5.46. The summed E-state index contributed by atoms with van der Waals surface area (Å²) in [6.07, 6.45) is -0.00776. The van der Waals surface area contributed by atoms with Crippen molar-refractivity contribution in [2.75, 3.05) is 19.7 Å². The second-order valence-electron chi connectivity index (χ2n) is 5.46. The molecule has 1 heterocycles. The number of ether oxygens (including phenoxy) is 2. The maximum Gasteiger partial charge on any atom is 0.410 e. The molecule has 1 saturated heterocycles. The van der Waals surface area contributed by atoms with Gasteiger partial charge in [0, 0.05) is 6.54 Å². The summed E-state index contributed by atoms with van der Waals surface area (Å²) >= 11 is 0. The van der Waals surface area contributed by atoms with Crippen LogP contribution in [0.5, 0.6) is 0 Å². The maximum absolute atomic E-state index is 11.9. The molecule has 1 atom stereocenters. The van der Waals surface area contributed by atoms with Crippen molar-refractivity contribution in [1.29, 1.82) is 0 Å². The third kappa shape index (κ3) is 3.35. The number of hydrogen-bond donors (Lipinski definition) is 1. The Hall–Kier alpha value is -1.30. The molecular formula is C12H22N2O4. The smallest absolute Gasteiger partial charge is 0.410 e. The summed E-state index contributed by atoms with van der Waals surface area (Å²) in [5.74, 6) is -0.543. The van der Waals surface area contributed by atoms with Gasteiger partial charge in [-0.1, -0.05) is 6.92 Å². The van der Waals surface area contributed by atoms with Gasteiger partial charge in [-0.15, -0.1) is 0 Å². The number of carbonyl (C=O) groups is 2. The van der Waals surface area contributed by atoms with Crippen molar-refractivity contribution in [2.45, 2.75) is 45.3 Å². The van der Waals surface area contributed by atoms with Gasteiger partial charge in [0.1, 0.15) is 5.60 Å². The fourth-order valence-electron chi connectivity index (χ4n) is 1.80. The number of hydrogen-bond acceptors (Lipinski definition) is 4. The molecule has 6 nitrogen and oxygen atoms in total. The zero-order valence-electron chi connectivity index (χ0n) is 11.5. The summed E-state index contributed by atoms with van der Waals surface area (Å²) < 4.78 is 10.7. The first-order chi connectivity index (χ1) is 8.20. The molecular weight excluding hydrogens is 236 g/mol. The van der Waals surface area contributed by atoms with Crippen LogP contribution in [-0.2, 0) is 14.3 Å². The van der Waals surface area contributed by atoms with Crippen LogP contribution in [-0.4, -0.2) is 47.8 Å². The quantitative estimate of drug-likeness (QED) is 0.797. The van der Waals surface area contributed by atoms with Gasteiger partial charge in [-0.2, -0.15) is 0 Å². The van der Waals surface area contributed by atoms with Crippen molar-refractivity contribution in [3.05, 3.63) is 0 Å². The number of nitrogens with zero attached hydrogens (tertiary/aromatic N) is 1. The highest BCUT2D eigenvalue weighted by atomic mass is 16.6. The fourth-order valence-corrected chi connectivity index (χ4v) is 1.80. The minimum absolute atomic E-state index is 0.147. The Labute approximate surface area is 107 Å². The number of amides is 2. The van der Waals surface area contributed by atoms with Crippen LogP contribution in [0.3, 0.4) is 0 Å². The zero-order chi connectivity index (χ0) is 14.0. The molecule has 104 valence electrons. The highest BCUT2D eigenvalue weighted by Gasteiger charge is 2.43. The highest BCUT2D eigenvalue weighted by Crippen LogP contribution is 2.23. The van der Waals surface area contributed by atoms with E-state index in [1.165, 1.54) is 4.90 Å². The van der Waals surface area contributed by atoms with Gasteiger partial charge in [-0.05, 0) is 27.2 Å². The lowest BCUT2D eigenvalue weighted by molar-refractivity contribution is -0.156. The Bertz CT molecular complexity index is 337. The van der Waals surface area contributed by atoms with Gasteiger partial charge in [0.05, 0.1) is 13.2 Å². The Morgan fingerprint density at radius 3 is 2.50 bits per heavy atom. The number of morpholine rings is 1.